The third kappa shape index (κ3) is 2.82. The van der Waals surface area contributed by atoms with Gasteiger partial charge in [0.05, 0.1) is 13.0 Å². The lowest BCUT2D eigenvalue weighted by atomic mass is 9.82. The Kier molecular flexibility index (Phi) is 4.43. The van der Waals surface area contributed by atoms with Crippen LogP contribution in [-0.4, -0.2) is 37.1 Å². The number of esters is 1. The van der Waals surface area contributed by atoms with E-state index in [1.165, 1.54) is 39.2 Å². The zero-order valence-electron chi connectivity index (χ0n) is 11.2. The van der Waals surface area contributed by atoms with Gasteiger partial charge in [-0.3, -0.25) is 9.69 Å². The number of ether oxygens (including phenoxy) is 1. The fourth-order valence-electron chi connectivity index (χ4n) is 3.59. The number of hydrogen-bond donors (Lipinski definition) is 0. The first-order chi connectivity index (χ1) is 8.26. The van der Waals surface area contributed by atoms with Crippen molar-refractivity contribution in [3.63, 3.8) is 0 Å². The van der Waals surface area contributed by atoms with Crippen LogP contribution in [0.2, 0.25) is 0 Å². The van der Waals surface area contributed by atoms with Gasteiger partial charge in [0, 0.05) is 12.6 Å². The standard InChI is InChI=1S/C14H25NO2/c1-3-11-6-4-5-7-13(11)15-9-8-12(10-15)14(16)17-2/h11-13H,3-10H2,1-2H3. The topological polar surface area (TPSA) is 29.5 Å². The summed E-state index contributed by atoms with van der Waals surface area (Å²) < 4.78 is 4.86. The van der Waals surface area contributed by atoms with Crippen LogP contribution < -0.4 is 0 Å². The molecule has 2 aliphatic rings. The van der Waals surface area contributed by atoms with Crippen molar-refractivity contribution in [3.05, 3.63) is 0 Å². The molecule has 0 aromatic carbocycles. The number of carbonyl (C=O) groups excluding carboxylic acids is 1. The quantitative estimate of drug-likeness (QED) is 0.709. The van der Waals surface area contributed by atoms with Gasteiger partial charge in [-0.2, -0.15) is 0 Å². The third-order valence-electron chi connectivity index (χ3n) is 4.62. The Labute approximate surface area is 105 Å². The molecule has 17 heavy (non-hydrogen) atoms. The van der Waals surface area contributed by atoms with Crippen LogP contribution in [0.15, 0.2) is 0 Å². The van der Waals surface area contributed by atoms with Gasteiger partial charge in [-0.25, -0.2) is 0 Å². The molecule has 2 rings (SSSR count). The molecular formula is C14H25NO2. The van der Waals surface area contributed by atoms with Crippen molar-refractivity contribution in [3.8, 4) is 0 Å². The molecule has 3 atom stereocenters. The number of methoxy groups -OCH3 is 1. The average molecular weight is 239 g/mol. The smallest absolute Gasteiger partial charge is 0.310 e. The molecule has 0 bridgehead atoms. The lowest BCUT2D eigenvalue weighted by Crippen LogP contribution is -2.41. The number of nitrogens with zero attached hydrogens (tertiary/aromatic N) is 1. The van der Waals surface area contributed by atoms with E-state index in [-0.39, 0.29) is 11.9 Å². The van der Waals surface area contributed by atoms with E-state index >= 15 is 0 Å². The van der Waals surface area contributed by atoms with Crippen molar-refractivity contribution >= 4 is 5.97 Å². The van der Waals surface area contributed by atoms with Crippen LogP contribution in [0, 0.1) is 11.8 Å². The van der Waals surface area contributed by atoms with E-state index in [1.807, 2.05) is 0 Å². The fourth-order valence-corrected chi connectivity index (χ4v) is 3.59. The van der Waals surface area contributed by atoms with Crippen LogP contribution in [0.1, 0.15) is 45.4 Å². The summed E-state index contributed by atoms with van der Waals surface area (Å²) in [4.78, 5) is 14.1. The molecule has 1 aliphatic carbocycles. The first-order valence-electron chi connectivity index (χ1n) is 7.08. The fraction of sp³-hybridized carbons (Fsp3) is 0.929. The van der Waals surface area contributed by atoms with Crippen molar-refractivity contribution in [2.45, 2.75) is 51.5 Å². The molecule has 98 valence electrons. The van der Waals surface area contributed by atoms with Gasteiger partial charge in [-0.05, 0) is 31.7 Å². The lowest BCUT2D eigenvalue weighted by Gasteiger charge is -2.37. The number of hydrogen-bond acceptors (Lipinski definition) is 3. The second-order valence-electron chi connectivity index (χ2n) is 5.52. The summed E-state index contributed by atoms with van der Waals surface area (Å²) in [6.07, 6.45) is 7.72. The highest BCUT2D eigenvalue weighted by molar-refractivity contribution is 5.72. The summed E-state index contributed by atoms with van der Waals surface area (Å²) in [6, 6.07) is 0.725. The minimum atomic E-state index is -0.0173. The lowest BCUT2D eigenvalue weighted by molar-refractivity contribution is -0.145. The largest absolute Gasteiger partial charge is 0.469 e. The summed E-state index contributed by atoms with van der Waals surface area (Å²) in [5, 5.41) is 0. The zero-order valence-corrected chi connectivity index (χ0v) is 11.2. The maximum atomic E-state index is 11.5. The zero-order chi connectivity index (χ0) is 12.3. The minimum absolute atomic E-state index is 0.0173. The second-order valence-corrected chi connectivity index (χ2v) is 5.52. The van der Waals surface area contributed by atoms with Crippen molar-refractivity contribution < 1.29 is 9.53 Å². The van der Waals surface area contributed by atoms with E-state index in [1.54, 1.807) is 0 Å². The summed E-state index contributed by atoms with van der Waals surface area (Å²) in [5.74, 6) is 0.955. The van der Waals surface area contributed by atoms with Gasteiger partial charge in [0.1, 0.15) is 0 Å². The normalized spacial score (nSPS) is 34.8. The van der Waals surface area contributed by atoms with Gasteiger partial charge in [-0.1, -0.05) is 26.2 Å². The first-order valence-corrected chi connectivity index (χ1v) is 7.08. The summed E-state index contributed by atoms with van der Waals surface area (Å²) in [5.41, 5.74) is 0. The molecule has 3 nitrogen and oxygen atoms in total. The van der Waals surface area contributed by atoms with Crippen LogP contribution in [-0.2, 0) is 9.53 Å². The Bertz CT molecular complexity index is 267. The predicted molar refractivity (Wildman–Crippen MR) is 67.7 cm³/mol. The highest BCUT2D eigenvalue weighted by atomic mass is 16.5. The molecule has 0 N–H and O–H groups in total. The molecule has 1 heterocycles. The van der Waals surface area contributed by atoms with E-state index in [2.05, 4.69) is 11.8 Å². The first kappa shape index (κ1) is 12.9. The van der Waals surface area contributed by atoms with Crippen LogP contribution in [0.3, 0.4) is 0 Å². The van der Waals surface area contributed by atoms with Crippen molar-refractivity contribution in [2.24, 2.45) is 11.8 Å². The Morgan fingerprint density at radius 2 is 2.06 bits per heavy atom. The van der Waals surface area contributed by atoms with E-state index in [0.717, 1.165) is 31.5 Å². The maximum absolute atomic E-state index is 11.5. The van der Waals surface area contributed by atoms with Gasteiger partial charge >= 0.3 is 5.97 Å². The SMILES string of the molecule is CCC1CCCCC1N1CCC(C(=O)OC)C1. The van der Waals surface area contributed by atoms with Crippen molar-refractivity contribution in [1.82, 2.24) is 4.90 Å². The van der Waals surface area contributed by atoms with Gasteiger partial charge in [0.15, 0.2) is 0 Å². The molecule has 0 aromatic heterocycles. The van der Waals surface area contributed by atoms with E-state index < -0.39 is 0 Å². The Hall–Kier alpha value is -0.570. The molecule has 3 unspecified atom stereocenters. The predicted octanol–water partition coefficient (Wildman–Crippen LogP) is 2.45. The molecule has 2 fully saturated rings. The van der Waals surface area contributed by atoms with E-state index in [9.17, 15) is 4.79 Å². The highest BCUT2D eigenvalue weighted by Gasteiger charge is 2.36. The highest BCUT2D eigenvalue weighted by Crippen LogP contribution is 2.33. The summed E-state index contributed by atoms with van der Waals surface area (Å²) >= 11 is 0. The van der Waals surface area contributed by atoms with Gasteiger partial charge in [0.2, 0.25) is 0 Å². The van der Waals surface area contributed by atoms with Crippen LogP contribution >= 0.6 is 0 Å². The molecule has 0 spiro atoms. The summed E-state index contributed by atoms with van der Waals surface area (Å²) in [6.45, 7) is 4.31. The Morgan fingerprint density at radius 3 is 2.76 bits per heavy atom. The Balaban J connectivity index is 1.92. The van der Waals surface area contributed by atoms with Crippen LogP contribution in [0.5, 0.6) is 0 Å². The molecule has 3 heteroatoms. The van der Waals surface area contributed by atoms with Crippen molar-refractivity contribution in [2.75, 3.05) is 20.2 Å². The Morgan fingerprint density at radius 1 is 1.29 bits per heavy atom. The molecule has 1 saturated heterocycles. The average Bonchev–Trinajstić information content (AvgIpc) is 2.87. The van der Waals surface area contributed by atoms with Crippen LogP contribution in [0.25, 0.3) is 0 Å². The van der Waals surface area contributed by atoms with Gasteiger partial charge in [-0.15, -0.1) is 0 Å². The second kappa shape index (κ2) is 5.85. The number of likely N-dealkylation sites (tertiary alicyclic amines) is 1. The van der Waals surface area contributed by atoms with Crippen LogP contribution in [0.4, 0.5) is 0 Å². The molecule has 1 saturated carbocycles. The summed E-state index contributed by atoms with van der Waals surface area (Å²) in [7, 11) is 1.50. The monoisotopic (exact) mass is 239 g/mol. The van der Waals surface area contributed by atoms with Gasteiger partial charge in [0.25, 0.3) is 0 Å². The van der Waals surface area contributed by atoms with Crippen molar-refractivity contribution in [1.29, 1.82) is 0 Å². The molecule has 1 aliphatic heterocycles. The molecule has 0 amide bonds. The minimum Gasteiger partial charge on any atom is -0.469 e. The number of rotatable bonds is 3. The van der Waals surface area contributed by atoms with Gasteiger partial charge < -0.3 is 4.74 Å². The van der Waals surface area contributed by atoms with E-state index in [4.69, 9.17) is 4.74 Å². The molecule has 0 radical (unpaired) electrons. The number of carbonyl (C=O) groups is 1. The molecule has 0 aromatic rings. The third-order valence-corrected chi connectivity index (χ3v) is 4.62. The van der Waals surface area contributed by atoms with E-state index in [0.29, 0.717) is 0 Å². The maximum Gasteiger partial charge on any atom is 0.310 e. The molecular weight excluding hydrogens is 214 g/mol.